The average molecular weight is 263 g/mol. The summed E-state index contributed by atoms with van der Waals surface area (Å²) in [5, 5.41) is 0. The minimum Gasteiger partial charge on any atom is -0.465 e. The lowest BCUT2D eigenvalue weighted by molar-refractivity contribution is -0.105. The van der Waals surface area contributed by atoms with Gasteiger partial charge in [-0.05, 0) is 64.0 Å². The van der Waals surface area contributed by atoms with Crippen molar-refractivity contribution in [3.8, 4) is 5.75 Å². The molecule has 1 aromatic rings. The van der Waals surface area contributed by atoms with Crippen molar-refractivity contribution in [2.45, 2.75) is 38.4 Å². The Hall–Kier alpha value is -1.06. The van der Waals surface area contributed by atoms with Crippen molar-refractivity contribution in [3.63, 3.8) is 0 Å². The summed E-state index contributed by atoms with van der Waals surface area (Å²) in [6, 6.07) is 8.44. The molecule has 0 spiro atoms. The van der Waals surface area contributed by atoms with Crippen LogP contribution in [0, 0.1) is 0 Å². The third-order valence-corrected chi connectivity index (χ3v) is 3.40. The van der Waals surface area contributed by atoms with E-state index >= 15 is 0 Å². The van der Waals surface area contributed by atoms with Crippen LogP contribution in [0.5, 0.6) is 5.75 Å². The van der Waals surface area contributed by atoms with Crippen molar-refractivity contribution in [1.82, 2.24) is 4.90 Å². The zero-order chi connectivity index (χ0) is 13.5. The molecule has 0 N–H and O–H groups in total. The van der Waals surface area contributed by atoms with Gasteiger partial charge in [-0.2, -0.15) is 0 Å². The van der Waals surface area contributed by atoms with Gasteiger partial charge in [0.15, 0.2) is 6.29 Å². The Morgan fingerprint density at radius 1 is 1.21 bits per heavy atom. The van der Waals surface area contributed by atoms with Gasteiger partial charge in [0.05, 0.1) is 6.61 Å². The van der Waals surface area contributed by atoms with E-state index in [-0.39, 0.29) is 6.29 Å². The molecular formula is C16H25NO2. The lowest BCUT2D eigenvalue weighted by Gasteiger charge is -2.23. The quantitative estimate of drug-likeness (QED) is 0.787. The normalized spacial score (nSPS) is 19.6. The minimum absolute atomic E-state index is 0.0478. The molecule has 2 rings (SSSR count). The van der Waals surface area contributed by atoms with E-state index in [1.54, 1.807) is 0 Å². The first-order chi connectivity index (χ1) is 9.24. The van der Waals surface area contributed by atoms with Crippen molar-refractivity contribution in [1.29, 1.82) is 0 Å². The molecule has 1 atom stereocenters. The van der Waals surface area contributed by atoms with Gasteiger partial charge in [0, 0.05) is 6.42 Å². The number of ether oxygens (including phenoxy) is 2. The van der Waals surface area contributed by atoms with E-state index in [2.05, 4.69) is 43.3 Å². The van der Waals surface area contributed by atoms with Crippen molar-refractivity contribution < 1.29 is 9.47 Å². The van der Waals surface area contributed by atoms with E-state index in [4.69, 9.17) is 9.47 Å². The Kier molecular flexibility index (Phi) is 5.67. The summed E-state index contributed by atoms with van der Waals surface area (Å²) in [6.07, 6.45) is 5.63. The van der Waals surface area contributed by atoms with E-state index in [1.807, 2.05) is 0 Å². The van der Waals surface area contributed by atoms with E-state index in [0.29, 0.717) is 0 Å². The van der Waals surface area contributed by atoms with Gasteiger partial charge >= 0.3 is 0 Å². The van der Waals surface area contributed by atoms with Crippen molar-refractivity contribution in [3.05, 3.63) is 29.8 Å². The summed E-state index contributed by atoms with van der Waals surface area (Å²) in [5.74, 6) is 0.920. The van der Waals surface area contributed by atoms with E-state index in [0.717, 1.165) is 38.2 Å². The summed E-state index contributed by atoms with van der Waals surface area (Å²) in [5.41, 5.74) is 1.37. The first kappa shape index (κ1) is 14.4. The molecule has 0 aliphatic carbocycles. The van der Waals surface area contributed by atoms with E-state index in [9.17, 15) is 0 Å². The topological polar surface area (TPSA) is 21.7 Å². The first-order valence-electron chi connectivity index (χ1n) is 7.26. The predicted molar refractivity (Wildman–Crippen MR) is 77.5 cm³/mol. The molecule has 0 aromatic heterocycles. The maximum atomic E-state index is 5.82. The average Bonchev–Trinajstić information content (AvgIpc) is 2.42. The summed E-state index contributed by atoms with van der Waals surface area (Å²) in [7, 11) is 4.22. The third kappa shape index (κ3) is 5.21. The fourth-order valence-corrected chi connectivity index (χ4v) is 2.29. The first-order valence-corrected chi connectivity index (χ1v) is 7.26. The second-order valence-corrected chi connectivity index (χ2v) is 5.46. The highest BCUT2D eigenvalue weighted by molar-refractivity contribution is 5.27. The Morgan fingerprint density at radius 3 is 2.63 bits per heavy atom. The van der Waals surface area contributed by atoms with Crippen LogP contribution in [-0.2, 0) is 11.2 Å². The molecular weight excluding hydrogens is 238 g/mol. The monoisotopic (exact) mass is 263 g/mol. The number of hydrogen-bond acceptors (Lipinski definition) is 3. The second kappa shape index (κ2) is 7.51. The fraction of sp³-hybridized carbons (Fsp3) is 0.625. The van der Waals surface area contributed by atoms with Crippen LogP contribution in [0.3, 0.4) is 0 Å². The maximum Gasteiger partial charge on any atom is 0.199 e. The molecule has 19 heavy (non-hydrogen) atoms. The van der Waals surface area contributed by atoms with Gasteiger partial charge < -0.3 is 14.4 Å². The fourth-order valence-electron chi connectivity index (χ4n) is 2.29. The number of benzene rings is 1. The summed E-state index contributed by atoms with van der Waals surface area (Å²) in [4.78, 5) is 2.22. The van der Waals surface area contributed by atoms with Crippen LogP contribution in [-0.4, -0.2) is 38.4 Å². The molecule has 3 nitrogen and oxygen atoms in total. The Labute approximate surface area is 116 Å². The molecule has 1 unspecified atom stereocenters. The van der Waals surface area contributed by atoms with Crippen LogP contribution in [0.25, 0.3) is 0 Å². The van der Waals surface area contributed by atoms with E-state index < -0.39 is 0 Å². The molecule has 0 amide bonds. The SMILES string of the molecule is CN(C)CCCc1ccc(OC2CCCCO2)cc1. The van der Waals surface area contributed by atoms with Crippen LogP contribution in [0.1, 0.15) is 31.2 Å². The highest BCUT2D eigenvalue weighted by Crippen LogP contribution is 2.20. The lowest BCUT2D eigenvalue weighted by Crippen LogP contribution is -2.24. The largest absolute Gasteiger partial charge is 0.465 e. The summed E-state index contributed by atoms with van der Waals surface area (Å²) < 4.78 is 11.4. The molecule has 1 heterocycles. The summed E-state index contributed by atoms with van der Waals surface area (Å²) >= 11 is 0. The highest BCUT2D eigenvalue weighted by Gasteiger charge is 2.14. The number of rotatable bonds is 6. The number of nitrogens with zero attached hydrogens (tertiary/aromatic N) is 1. The van der Waals surface area contributed by atoms with Gasteiger partial charge in [0.1, 0.15) is 5.75 Å². The molecule has 1 fully saturated rings. The van der Waals surface area contributed by atoms with Gasteiger partial charge in [-0.1, -0.05) is 12.1 Å². The van der Waals surface area contributed by atoms with Gasteiger partial charge in [0.2, 0.25) is 0 Å². The molecule has 0 radical (unpaired) electrons. The number of aryl methyl sites for hydroxylation is 1. The molecule has 1 aliphatic rings. The molecule has 0 saturated carbocycles. The highest BCUT2D eigenvalue weighted by atomic mass is 16.7. The Balaban J connectivity index is 1.77. The third-order valence-electron chi connectivity index (χ3n) is 3.40. The van der Waals surface area contributed by atoms with Crippen molar-refractivity contribution >= 4 is 0 Å². The van der Waals surface area contributed by atoms with Crippen molar-refractivity contribution in [2.24, 2.45) is 0 Å². The molecule has 106 valence electrons. The van der Waals surface area contributed by atoms with Crippen LogP contribution in [0.15, 0.2) is 24.3 Å². The second-order valence-electron chi connectivity index (χ2n) is 5.46. The predicted octanol–water partition coefficient (Wildman–Crippen LogP) is 3.09. The Bertz CT molecular complexity index is 356. The summed E-state index contributed by atoms with van der Waals surface area (Å²) in [6.45, 7) is 1.96. The molecule has 1 aromatic carbocycles. The zero-order valence-electron chi connectivity index (χ0n) is 12.1. The minimum atomic E-state index is -0.0478. The Morgan fingerprint density at radius 2 is 2.00 bits per heavy atom. The zero-order valence-corrected chi connectivity index (χ0v) is 12.1. The van der Waals surface area contributed by atoms with Crippen molar-refractivity contribution in [2.75, 3.05) is 27.2 Å². The molecule has 3 heteroatoms. The van der Waals surface area contributed by atoms with E-state index in [1.165, 1.54) is 18.4 Å². The molecule has 1 aliphatic heterocycles. The molecule has 0 bridgehead atoms. The standard InChI is InChI=1S/C16H25NO2/c1-17(2)12-5-6-14-8-10-15(11-9-14)19-16-7-3-4-13-18-16/h8-11,16H,3-7,12-13H2,1-2H3. The van der Waals surface area contributed by atoms with Gasteiger partial charge in [-0.3, -0.25) is 0 Å². The van der Waals surface area contributed by atoms with Gasteiger partial charge in [-0.25, -0.2) is 0 Å². The van der Waals surface area contributed by atoms with Crippen LogP contribution >= 0.6 is 0 Å². The van der Waals surface area contributed by atoms with Gasteiger partial charge in [0.25, 0.3) is 0 Å². The van der Waals surface area contributed by atoms with Gasteiger partial charge in [-0.15, -0.1) is 0 Å². The number of hydrogen-bond donors (Lipinski definition) is 0. The maximum absolute atomic E-state index is 5.82. The smallest absolute Gasteiger partial charge is 0.199 e. The van der Waals surface area contributed by atoms with Crippen LogP contribution in [0.2, 0.25) is 0 Å². The lowest BCUT2D eigenvalue weighted by atomic mass is 10.1. The molecule has 1 saturated heterocycles. The van der Waals surface area contributed by atoms with Crippen LogP contribution < -0.4 is 4.74 Å². The van der Waals surface area contributed by atoms with Crippen LogP contribution in [0.4, 0.5) is 0 Å².